The van der Waals surface area contributed by atoms with Crippen LogP contribution in [0.15, 0.2) is 11.8 Å². The third-order valence-corrected chi connectivity index (χ3v) is 2.63. The van der Waals surface area contributed by atoms with Crippen LogP contribution in [-0.4, -0.2) is 64.0 Å². The largest absolute Gasteiger partial charge is 0.511 e. The Hall–Kier alpha value is -0.236. The van der Waals surface area contributed by atoms with Crippen LogP contribution >= 0.6 is 0 Å². The van der Waals surface area contributed by atoms with Crippen LogP contribution in [0.5, 0.6) is 0 Å². The Morgan fingerprint density at radius 3 is 1.45 bits per heavy atom. The van der Waals surface area contributed by atoms with Crippen LogP contribution in [0.4, 0.5) is 0 Å². The maximum atomic E-state index is 10.0. The van der Waals surface area contributed by atoms with Gasteiger partial charge in [0.15, 0.2) is 0 Å². The van der Waals surface area contributed by atoms with Gasteiger partial charge in [0, 0.05) is 34.2 Å². The first kappa shape index (κ1) is 36.2. The van der Waals surface area contributed by atoms with E-state index in [-0.39, 0.29) is 38.7 Å². The van der Waals surface area contributed by atoms with E-state index < -0.39 is 16.6 Å². The number of ketones is 1. The number of methoxy groups -OCH3 is 1. The summed E-state index contributed by atoms with van der Waals surface area (Å²) < 4.78 is 10.3. The van der Waals surface area contributed by atoms with Gasteiger partial charge in [-0.05, 0) is 62.3 Å². The Labute approximate surface area is 194 Å². The van der Waals surface area contributed by atoms with E-state index in [2.05, 4.69) is 0 Å². The van der Waals surface area contributed by atoms with E-state index in [9.17, 15) is 9.90 Å². The molecule has 174 valence electrons. The Kier molecular flexibility index (Phi) is 19.4. The molecule has 0 heterocycles. The average Bonchev–Trinajstić information content (AvgIpc) is 2.38. The third-order valence-electron chi connectivity index (χ3n) is 2.63. The minimum atomic E-state index is -0.535. The van der Waals surface area contributed by atoms with E-state index in [0.717, 1.165) is 0 Å². The monoisotopic (exact) mass is 455 g/mol. The fraction of sp³-hybridized carbons (Fsp3) is 0.864. The van der Waals surface area contributed by atoms with E-state index in [4.69, 9.17) is 19.7 Å². The zero-order valence-corrected chi connectivity index (χ0v) is 22.4. The molecule has 29 heavy (non-hydrogen) atoms. The maximum absolute atomic E-state index is 10.0. The molecule has 0 aromatic heterocycles. The summed E-state index contributed by atoms with van der Waals surface area (Å²) in [5.41, 5.74) is -1.91. The Balaban J connectivity index is -0.000000235. The predicted octanol–water partition coefficient (Wildman–Crippen LogP) is 4.26. The van der Waals surface area contributed by atoms with Gasteiger partial charge < -0.3 is 24.8 Å². The van der Waals surface area contributed by atoms with E-state index in [1.807, 2.05) is 34.6 Å². The van der Waals surface area contributed by atoms with Gasteiger partial charge in [0.2, 0.25) is 0 Å². The summed E-state index contributed by atoms with van der Waals surface area (Å²) in [6.07, 6.45) is 1.42. The number of ether oxygens (including phenoxy) is 2. The number of allylic oxidation sites excluding steroid dienone is 1. The third kappa shape index (κ3) is 35.6. The van der Waals surface area contributed by atoms with E-state index in [1.165, 1.54) is 6.08 Å². The fourth-order valence-corrected chi connectivity index (χ4v) is 1.08. The molecule has 6 nitrogen and oxygen atoms in total. The zero-order chi connectivity index (χ0) is 23.4. The first-order chi connectivity index (χ1) is 12.1. The second kappa shape index (κ2) is 15.5. The van der Waals surface area contributed by atoms with Crippen molar-refractivity contribution in [1.29, 1.82) is 0 Å². The Morgan fingerprint density at radius 1 is 0.828 bits per heavy atom. The first-order valence-corrected chi connectivity index (χ1v) is 9.60. The van der Waals surface area contributed by atoms with Crippen molar-refractivity contribution in [2.75, 3.05) is 26.9 Å². The van der Waals surface area contributed by atoms with Crippen molar-refractivity contribution in [1.82, 2.24) is 0 Å². The minimum absolute atomic E-state index is 0. The van der Waals surface area contributed by atoms with Crippen LogP contribution in [0.1, 0.15) is 76.2 Å². The molecule has 0 aliphatic heterocycles. The molecule has 0 saturated heterocycles. The molecule has 0 aromatic rings. The van der Waals surface area contributed by atoms with Crippen LogP contribution in [-0.2, 0) is 31.2 Å². The van der Waals surface area contributed by atoms with Crippen molar-refractivity contribution >= 4 is 5.78 Å². The van der Waals surface area contributed by atoms with Gasteiger partial charge in [-0.15, -0.1) is 0 Å². The van der Waals surface area contributed by atoms with E-state index >= 15 is 0 Å². The quantitative estimate of drug-likeness (QED) is 0.175. The zero-order valence-electron chi connectivity index (χ0n) is 20.8. The summed E-state index contributed by atoms with van der Waals surface area (Å²) in [7, 11) is 1.61. The molecule has 0 unspecified atom stereocenters. The summed E-state index contributed by atoms with van der Waals surface area (Å²) in [4.78, 5) is 9.85. The molecule has 0 spiro atoms. The summed E-state index contributed by atoms with van der Waals surface area (Å²) in [5, 5.41) is 27.1. The molecule has 4 N–H and O–H groups in total. The standard InChI is InChI=1S/C14H26O4.2C4H10O.Ti/c1-13(2,3)11(15)9-12(16)14(4,5)10-18-8-7-17-6;2*1-4(2,3)5;/h9,16H,7-8,10H2,1-6H3;2*5H,1-3H3;/p+1/b12-9-;;;. The molecule has 0 aromatic carbocycles. The van der Waals surface area contributed by atoms with Crippen molar-refractivity contribution in [2.24, 2.45) is 10.8 Å². The van der Waals surface area contributed by atoms with Gasteiger partial charge in [-0.25, -0.2) is 0 Å². The maximum Gasteiger partial charge on any atom is 0.325 e. The van der Waals surface area contributed by atoms with Gasteiger partial charge in [0.05, 0.1) is 42.5 Å². The van der Waals surface area contributed by atoms with Gasteiger partial charge in [-0.2, -0.15) is 0 Å². The van der Waals surface area contributed by atoms with Gasteiger partial charge in [0.1, 0.15) is 5.76 Å². The van der Waals surface area contributed by atoms with E-state index in [1.54, 1.807) is 48.7 Å². The number of hydrogen-bond acceptors (Lipinski definition) is 5. The summed E-state index contributed by atoms with van der Waals surface area (Å²) in [6.45, 7) is 21.2. The molecule has 0 aliphatic rings. The summed E-state index contributed by atoms with van der Waals surface area (Å²) >= 11 is 0. The molecule has 0 aliphatic carbocycles. The van der Waals surface area contributed by atoms with Crippen molar-refractivity contribution in [3.63, 3.8) is 0 Å². The van der Waals surface area contributed by atoms with Gasteiger partial charge in [-0.1, -0.05) is 13.8 Å². The molecule has 0 saturated carbocycles. The fourth-order valence-electron chi connectivity index (χ4n) is 1.08. The molecule has 0 bridgehead atoms. The summed E-state index contributed by atoms with van der Waals surface area (Å²) in [6, 6.07) is 0. The number of carbonyl (C=O) groups excluding carboxylic acids is 1. The van der Waals surface area contributed by atoms with Crippen LogP contribution in [0.25, 0.3) is 0 Å². The molecule has 0 rings (SSSR count). The molecule has 0 fully saturated rings. The second-order valence-corrected chi connectivity index (χ2v) is 10.4. The second-order valence-electron chi connectivity index (χ2n) is 10.4. The van der Waals surface area contributed by atoms with E-state index in [0.29, 0.717) is 19.8 Å². The molecule has 0 atom stereocenters. The van der Waals surface area contributed by atoms with Gasteiger partial charge >= 0.3 is 5.78 Å². The minimum Gasteiger partial charge on any atom is -0.511 e. The summed E-state index contributed by atoms with van der Waals surface area (Å²) in [5.74, 6) is 0.275. The molecule has 0 amide bonds. The topological polar surface area (TPSA) is 101 Å². The van der Waals surface area contributed by atoms with Gasteiger partial charge in [-0.3, -0.25) is 4.79 Å². The number of aliphatic hydroxyl groups excluding tert-OH is 1. The number of hydrogen-bond donors (Lipinski definition) is 3. The van der Waals surface area contributed by atoms with Crippen LogP contribution in [0, 0.1) is 10.8 Å². The molecular formula is C22H47O6Ti+. The smallest absolute Gasteiger partial charge is 0.325 e. The van der Waals surface area contributed by atoms with Crippen molar-refractivity contribution in [3.8, 4) is 0 Å². The van der Waals surface area contributed by atoms with Crippen LogP contribution in [0.2, 0.25) is 0 Å². The predicted molar refractivity (Wildman–Crippen MR) is 118 cm³/mol. The van der Waals surface area contributed by atoms with Crippen molar-refractivity contribution in [3.05, 3.63) is 11.8 Å². The Morgan fingerprint density at radius 2 is 1.17 bits per heavy atom. The number of aliphatic hydroxyl groups is 3. The van der Waals surface area contributed by atoms with Crippen LogP contribution in [0.3, 0.4) is 0 Å². The molecule has 7 heteroatoms. The van der Waals surface area contributed by atoms with Gasteiger partial charge in [0.25, 0.3) is 0 Å². The normalized spacial score (nSPS) is 12.7. The molecule has 0 radical (unpaired) electrons. The Bertz CT molecular complexity index is 427. The van der Waals surface area contributed by atoms with Crippen LogP contribution < -0.4 is 0 Å². The SMILES string of the molecule is CC(C)(C)O.CC(C)(C)O.COCCOCC(C)(C)/C(O)=C/C(=[OH+])C(C)(C)C.[Ti]. The van der Waals surface area contributed by atoms with Crippen molar-refractivity contribution < 1.29 is 51.3 Å². The first-order valence-electron chi connectivity index (χ1n) is 9.60. The average molecular weight is 455 g/mol. The molecular weight excluding hydrogens is 408 g/mol. The number of rotatable bonds is 7. The van der Waals surface area contributed by atoms with Crippen molar-refractivity contribution in [2.45, 2.75) is 87.4 Å².